The minimum absolute atomic E-state index is 0.248. The first-order valence-electron chi connectivity index (χ1n) is 12.0. The zero-order valence-electron chi connectivity index (χ0n) is 20.1. The van der Waals surface area contributed by atoms with Crippen LogP contribution >= 0.6 is 0 Å². The zero-order chi connectivity index (χ0) is 24.9. The number of benzene rings is 3. The molecule has 0 saturated heterocycles. The van der Waals surface area contributed by atoms with Crippen molar-refractivity contribution in [3.8, 4) is 28.1 Å². The number of rotatable bonds is 8. The molecule has 2 aromatic heterocycles. The average molecular weight is 482 g/mol. The second-order valence-electron chi connectivity index (χ2n) is 8.58. The van der Waals surface area contributed by atoms with Crippen molar-refractivity contribution in [2.24, 2.45) is 10.9 Å². The van der Waals surface area contributed by atoms with E-state index in [1.807, 2.05) is 72.8 Å². The standard InChI is InChI=1S/C29H28FN5O/c1-36-24-15-13-21(14-16-24)19-35-27(23-11-6-3-7-12-23)25(22-9-4-2-5-10-22)26-28(35)32-20-34(18-8-17-31)29(26)33-30/h2-7,9-16,20H,8,17-19,31H2,1H3/b33-29-. The molecule has 2 N–H and O–H groups in total. The smallest absolute Gasteiger partial charge is 0.178 e. The second-order valence-corrected chi connectivity index (χ2v) is 8.58. The molecule has 36 heavy (non-hydrogen) atoms. The maximum absolute atomic E-state index is 14.4. The van der Waals surface area contributed by atoms with E-state index < -0.39 is 0 Å². The maximum atomic E-state index is 14.4. The van der Waals surface area contributed by atoms with Gasteiger partial charge in [-0.05, 0) is 41.8 Å². The van der Waals surface area contributed by atoms with Gasteiger partial charge in [-0.3, -0.25) is 0 Å². The van der Waals surface area contributed by atoms with Crippen molar-refractivity contribution in [1.82, 2.24) is 14.1 Å². The Morgan fingerprint density at radius 1 is 0.917 bits per heavy atom. The van der Waals surface area contributed by atoms with E-state index in [0.29, 0.717) is 37.1 Å². The van der Waals surface area contributed by atoms with Gasteiger partial charge < -0.3 is 19.6 Å². The lowest BCUT2D eigenvalue weighted by Crippen LogP contribution is -2.23. The van der Waals surface area contributed by atoms with E-state index in [9.17, 15) is 4.48 Å². The molecule has 0 saturated carbocycles. The molecule has 3 aromatic carbocycles. The van der Waals surface area contributed by atoms with E-state index in [-0.39, 0.29) is 5.49 Å². The summed E-state index contributed by atoms with van der Waals surface area (Å²) in [5.74, 6) is 0.793. The number of ether oxygens (including phenoxy) is 1. The predicted molar refractivity (Wildman–Crippen MR) is 141 cm³/mol. The number of fused-ring (bicyclic) bond motifs is 1. The summed E-state index contributed by atoms with van der Waals surface area (Å²) in [6, 6.07) is 28.1. The molecule has 0 bridgehead atoms. The van der Waals surface area contributed by atoms with Gasteiger partial charge in [0.2, 0.25) is 0 Å². The van der Waals surface area contributed by atoms with Crippen LogP contribution in [0.1, 0.15) is 12.0 Å². The average Bonchev–Trinajstić information content (AvgIpc) is 3.26. The molecule has 5 rings (SSSR count). The SMILES string of the molecule is COc1ccc(Cn2c(-c3ccccc3)c(-c3ccccc3)c3/c(=N/F)n(CCCN)cnc32)cc1. The summed E-state index contributed by atoms with van der Waals surface area (Å²) in [7, 11) is 1.65. The van der Waals surface area contributed by atoms with Gasteiger partial charge in [0.15, 0.2) is 5.49 Å². The van der Waals surface area contributed by atoms with Crippen LogP contribution in [0.25, 0.3) is 33.4 Å². The summed E-state index contributed by atoms with van der Waals surface area (Å²) in [6.07, 6.45) is 2.35. The minimum Gasteiger partial charge on any atom is -0.497 e. The van der Waals surface area contributed by atoms with Gasteiger partial charge in [-0.1, -0.05) is 82.5 Å². The van der Waals surface area contributed by atoms with Gasteiger partial charge in [0.05, 0.1) is 24.5 Å². The lowest BCUT2D eigenvalue weighted by Gasteiger charge is -2.13. The molecule has 0 aliphatic rings. The van der Waals surface area contributed by atoms with Crippen LogP contribution in [0.4, 0.5) is 4.48 Å². The molecule has 0 fully saturated rings. The van der Waals surface area contributed by atoms with Gasteiger partial charge in [0.1, 0.15) is 11.4 Å². The number of hydrogen-bond acceptors (Lipinski definition) is 4. The summed E-state index contributed by atoms with van der Waals surface area (Å²) in [5.41, 5.74) is 11.6. The summed E-state index contributed by atoms with van der Waals surface area (Å²) in [6.45, 7) is 1.57. The number of aromatic nitrogens is 3. The molecular weight excluding hydrogens is 453 g/mol. The van der Waals surface area contributed by atoms with E-state index in [4.69, 9.17) is 15.5 Å². The first kappa shape index (κ1) is 23.5. The van der Waals surface area contributed by atoms with Crippen LogP contribution in [-0.2, 0) is 13.1 Å². The van der Waals surface area contributed by atoms with E-state index in [1.54, 1.807) is 18.0 Å². The lowest BCUT2D eigenvalue weighted by molar-refractivity contribution is 0.414. The van der Waals surface area contributed by atoms with Crippen LogP contribution in [0.3, 0.4) is 0 Å². The lowest BCUT2D eigenvalue weighted by atomic mass is 9.99. The molecule has 5 aromatic rings. The molecule has 6 nitrogen and oxygen atoms in total. The van der Waals surface area contributed by atoms with Crippen molar-refractivity contribution < 1.29 is 9.22 Å². The highest BCUT2D eigenvalue weighted by molar-refractivity contribution is 6.02. The van der Waals surface area contributed by atoms with Gasteiger partial charge in [-0.25, -0.2) is 4.98 Å². The molecule has 0 aliphatic heterocycles. The van der Waals surface area contributed by atoms with E-state index in [1.165, 1.54) is 0 Å². The number of aryl methyl sites for hydroxylation is 1. The molecule has 0 atom stereocenters. The molecule has 0 unspecified atom stereocenters. The summed E-state index contributed by atoms with van der Waals surface area (Å²) in [4.78, 5) is 4.84. The number of hydrogen-bond donors (Lipinski definition) is 1. The minimum atomic E-state index is 0.248. The van der Waals surface area contributed by atoms with E-state index in [2.05, 4.69) is 21.9 Å². The first-order valence-corrected chi connectivity index (χ1v) is 12.0. The Morgan fingerprint density at radius 2 is 1.58 bits per heavy atom. The van der Waals surface area contributed by atoms with E-state index >= 15 is 0 Å². The number of nitrogens with two attached hydrogens (primary N) is 1. The normalized spacial score (nSPS) is 11.8. The number of methoxy groups -OCH3 is 1. The highest BCUT2D eigenvalue weighted by Crippen LogP contribution is 2.39. The van der Waals surface area contributed by atoms with Gasteiger partial charge >= 0.3 is 0 Å². The molecule has 0 spiro atoms. The van der Waals surface area contributed by atoms with Gasteiger partial charge in [-0.15, -0.1) is 0 Å². The van der Waals surface area contributed by atoms with Crippen LogP contribution in [-0.4, -0.2) is 27.8 Å². The molecular formula is C29H28FN5O. The van der Waals surface area contributed by atoms with Gasteiger partial charge in [0.25, 0.3) is 0 Å². The van der Waals surface area contributed by atoms with Crippen molar-refractivity contribution in [3.05, 3.63) is 102 Å². The summed E-state index contributed by atoms with van der Waals surface area (Å²) < 4.78 is 23.6. The topological polar surface area (TPSA) is 70.4 Å². The van der Waals surface area contributed by atoms with Gasteiger partial charge in [-0.2, -0.15) is 0 Å². The fourth-order valence-corrected chi connectivity index (χ4v) is 4.64. The third kappa shape index (κ3) is 4.41. The first-order chi connectivity index (χ1) is 17.7. The Hall–Kier alpha value is -4.23. The molecule has 2 heterocycles. The largest absolute Gasteiger partial charge is 0.497 e. The zero-order valence-corrected chi connectivity index (χ0v) is 20.1. The van der Waals surface area contributed by atoms with Gasteiger partial charge in [0, 0.05) is 18.7 Å². The van der Waals surface area contributed by atoms with Crippen molar-refractivity contribution in [2.75, 3.05) is 13.7 Å². The third-order valence-corrected chi connectivity index (χ3v) is 6.34. The van der Waals surface area contributed by atoms with Crippen LogP contribution in [0.5, 0.6) is 5.75 Å². The van der Waals surface area contributed by atoms with Crippen molar-refractivity contribution >= 4 is 11.0 Å². The Balaban J connectivity index is 1.86. The Labute approximate surface area is 209 Å². The van der Waals surface area contributed by atoms with Crippen LogP contribution in [0, 0.1) is 0 Å². The highest BCUT2D eigenvalue weighted by atomic mass is 19.2. The number of nitrogens with zero attached hydrogens (tertiary/aromatic N) is 4. The van der Waals surface area contributed by atoms with Crippen LogP contribution < -0.4 is 16.0 Å². The molecule has 182 valence electrons. The van der Waals surface area contributed by atoms with Crippen LogP contribution in [0.15, 0.2) is 96.5 Å². The van der Waals surface area contributed by atoms with Crippen molar-refractivity contribution in [3.63, 3.8) is 0 Å². The molecule has 7 heteroatoms. The fraction of sp³-hybridized carbons (Fsp3) is 0.172. The molecule has 0 amide bonds. The Morgan fingerprint density at radius 3 is 2.19 bits per heavy atom. The van der Waals surface area contributed by atoms with Crippen molar-refractivity contribution in [1.29, 1.82) is 0 Å². The summed E-state index contributed by atoms with van der Waals surface area (Å²) in [5, 5.41) is 3.94. The monoisotopic (exact) mass is 481 g/mol. The third-order valence-electron chi connectivity index (χ3n) is 6.34. The van der Waals surface area contributed by atoms with E-state index in [0.717, 1.165) is 33.7 Å². The quantitative estimate of drug-likeness (QED) is 0.324. The Bertz CT molecular complexity index is 1520. The second kappa shape index (κ2) is 10.6. The summed E-state index contributed by atoms with van der Waals surface area (Å²) >= 11 is 0. The maximum Gasteiger partial charge on any atom is 0.178 e. The fourth-order valence-electron chi connectivity index (χ4n) is 4.64. The van der Waals surface area contributed by atoms with Crippen LogP contribution in [0.2, 0.25) is 0 Å². The molecule has 0 aliphatic carbocycles. The highest BCUT2D eigenvalue weighted by Gasteiger charge is 2.24. The molecule has 0 radical (unpaired) electrons. The Kier molecular flexibility index (Phi) is 6.91. The van der Waals surface area contributed by atoms with Crippen molar-refractivity contribution in [2.45, 2.75) is 19.5 Å². The predicted octanol–water partition coefficient (Wildman–Crippen LogP) is 5.36. The number of halogens is 1.